The van der Waals surface area contributed by atoms with E-state index in [1.165, 1.54) is 18.5 Å². The van der Waals surface area contributed by atoms with E-state index in [0.717, 1.165) is 24.2 Å². The van der Waals surface area contributed by atoms with Crippen LogP contribution in [0, 0.1) is 11.8 Å². The smallest absolute Gasteiger partial charge is 0.119 e. The summed E-state index contributed by atoms with van der Waals surface area (Å²) >= 11 is 0. The molecule has 0 aliphatic heterocycles. The molecule has 0 radical (unpaired) electrons. The first-order chi connectivity index (χ1) is 8.36. The zero-order valence-corrected chi connectivity index (χ0v) is 10.2. The monoisotopic (exact) mass is 229 g/mol. The van der Waals surface area contributed by atoms with Crippen LogP contribution in [-0.2, 0) is 0 Å². The molecule has 2 heteroatoms. The molecule has 1 saturated carbocycles. The molecule has 3 unspecified atom stereocenters. The molecule has 0 heterocycles. The summed E-state index contributed by atoms with van der Waals surface area (Å²) in [5.74, 6) is 2.63. The number of nitrogens with one attached hydrogen (secondary N) is 1. The lowest BCUT2D eigenvalue weighted by molar-refractivity contribution is 0.218. The van der Waals surface area contributed by atoms with Gasteiger partial charge in [0.25, 0.3) is 0 Å². The topological polar surface area (TPSA) is 21.3 Å². The summed E-state index contributed by atoms with van der Waals surface area (Å²) < 4.78 is 5.44. The van der Waals surface area contributed by atoms with Gasteiger partial charge in [-0.2, -0.15) is 0 Å². The Bertz CT molecular complexity index is 409. The van der Waals surface area contributed by atoms with Gasteiger partial charge in [0.1, 0.15) is 5.75 Å². The van der Waals surface area contributed by atoms with Gasteiger partial charge in [0, 0.05) is 17.6 Å². The van der Waals surface area contributed by atoms with Crippen molar-refractivity contribution in [3.8, 4) is 5.75 Å². The highest BCUT2D eigenvalue weighted by molar-refractivity contribution is 5.48. The fourth-order valence-corrected chi connectivity index (χ4v) is 2.91. The third-order valence-corrected chi connectivity index (χ3v) is 3.88. The molecule has 0 spiro atoms. The van der Waals surface area contributed by atoms with Crippen LogP contribution in [0.2, 0.25) is 0 Å². The molecule has 0 aromatic heterocycles. The highest BCUT2D eigenvalue weighted by Crippen LogP contribution is 2.44. The molecule has 1 fully saturated rings. The Morgan fingerprint density at radius 2 is 2.12 bits per heavy atom. The first-order valence-electron chi connectivity index (χ1n) is 6.53. The minimum absolute atomic E-state index is 0.636. The van der Waals surface area contributed by atoms with Crippen LogP contribution < -0.4 is 10.1 Å². The van der Waals surface area contributed by atoms with E-state index in [2.05, 4.69) is 29.6 Å². The summed E-state index contributed by atoms with van der Waals surface area (Å²) in [7, 11) is 0. The fraction of sp³-hybridized carbons (Fsp3) is 0.467. The Morgan fingerprint density at radius 1 is 1.29 bits per heavy atom. The molecule has 17 heavy (non-hydrogen) atoms. The molecule has 90 valence electrons. The lowest BCUT2D eigenvalue weighted by atomic mass is 9.71. The summed E-state index contributed by atoms with van der Waals surface area (Å²) in [6, 6.07) is 8.92. The van der Waals surface area contributed by atoms with Gasteiger partial charge in [0.2, 0.25) is 0 Å². The van der Waals surface area contributed by atoms with E-state index >= 15 is 0 Å². The maximum atomic E-state index is 5.44. The van der Waals surface area contributed by atoms with Crippen molar-refractivity contribution in [1.82, 2.24) is 0 Å². The summed E-state index contributed by atoms with van der Waals surface area (Å²) in [6.07, 6.45) is 7.30. The molecule has 0 saturated heterocycles. The first-order valence-corrected chi connectivity index (χ1v) is 6.53. The molecule has 2 aliphatic rings. The van der Waals surface area contributed by atoms with Crippen molar-refractivity contribution < 1.29 is 4.74 Å². The Balaban J connectivity index is 1.60. The van der Waals surface area contributed by atoms with Gasteiger partial charge in [0.15, 0.2) is 0 Å². The zero-order chi connectivity index (χ0) is 11.7. The number of hydrogen-bond acceptors (Lipinski definition) is 2. The average Bonchev–Trinajstić information content (AvgIpc) is 2.70. The summed E-state index contributed by atoms with van der Waals surface area (Å²) in [5, 5.41) is 3.61. The van der Waals surface area contributed by atoms with E-state index in [0.29, 0.717) is 6.04 Å². The van der Waals surface area contributed by atoms with Gasteiger partial charge in [0.05, 0.1) is 6.61 Å². The second-order valence-corrected chi connectivity index (χ2v) is 4.95. The van der Waals surface area contributed by atoms with Gasteiger partial charge >= 0.3 is 0 Å². The predicted octanol–water partition coefficient (Wildman–Crippen LogP) is 3.46. The molecule has 2 aliphatic carbocycles. The Hall–Kier alpha value is -1.44. The SMILES string of the molecule is CCOc1ccc(NC2CC3CC=CC32)cc1. The first kappa shape index (κ1) is 10.7. The molecule has 3 rings (SSSR count). The number of benzene rings is 1. The van der Waals surface area contributed by atoms with Gasteiger partial charge in [-0.05, 0) is 49.9 Å². The van der Waals surface area contributed by atoms with Crippen LogP contribution in [0.4, 0.5) is 5.69 Å². The Labute approximate surface area is 103 Å². The molecule has 1 N–H and O–H groups in total. The van der Waals surface area contributed by atoms with Crippen LogP contribution in [0.3, 0.4) is 0 Å². The number of anilines is 1. The minimum Gasteiger partial charge on any atom is -0.494 e. The number of fused-ring (bicyclic) bond motifs is 1. The van der Waals surface area contributed by atoms with E-state index in [1.807, 2.05) is 19.1 Å². The quantitative estimate of drug-likeness (QED) is 0.798. The molecule has 0 amide bonds. The van der Waals surface area contributed by atoms with Crippen molar-refractivity contribution in [3.63, 3.8) is 0 Å². The van der Waals surface area contributed by atoms with Crippen molar-refractivity contribution in [2.24, 2.45) is 11.8 Å². The van der Waals surface area contributed by atoms with Crippen molar-refractivity contribution >= 4 is 5.69 Å². The highest BCUT2D eigenvalue weighted by atomic mass is 16.5. The normalized spacial score (nSPS) is 29.6. The fourth-order valence-electron chi connectivity index (χ4n) is 2.91. The number of ether oxygens (including phenoxy) is 1. The van der Waals surface area contributed by atoms with Crippen molar-refractivity contribution in [2.75, 3.05) is 11.9 Å². The zero-order valence-electron chi connectivity index (χ0n) is 10.2. The standard InChI is InChI=1S/C15H19NO/c1-2-17-13-8-6-12(7-9-13)16-15-10-11-4-3-5-14(11)15/h3,5-9,11,14-16H,2,4,10H2,1H3. The van der Waals surface area contributed by atoms with E-state index in [9.17, 15) is 0 Å². The second-order valence-electron chi connectivity index (χ2n) is 4.95. The van der Waals surface area contributed by atoms with Gasteiger partial charge in [-0.25, -0.2) is 0 Å². The molecule has 0 bridgehead atoms. The molecule has 2 nitrogen and oxygen atoms in total. The predicted molar refractivity (Wildman–Crippen MR) is 70.4 cm³/mol. The van der Waals surface area contributed by atoms with E-state index in [1.54, 1.807) is 0 Å². The Kier molecular flexibility index (Phi) is 2.79. The highest BCUT2D eigenvalue weighted by Gasteiger charge is 2.40. The van der Waals surface area contributed by atoms with Crippen LogP contribution >= 0.6 is 0 Å². The van der Waals surface area contributed by atoms with Gasteiger partial charge in [-0.15, -0.1) is 0 Å². The molecule has 1 aromatic rings. The van der Waals surface area contributed by atoms with Gasteiger partial charge in [-0.3, -0.25) is 0 Å². The largest absolute Gasteiger partial charge is 0.494 e. The summed E-state index contributed by atoms with van der Waals surface area (Å²) in [5.41, 5.74) is 1.21. The minimum atomic E-state index is 0.636. The number of hydrogen-bond donors (Lipinski definition) is 1. The third kappa shape index (κ3) is 2.04. The maximum Gasteiger partial charge on any atom is 0.119 e. The van der Waals surface area contributed by atoms with E-state index in [4.69, 9.17) is 4.74 Å². The molecule has 3 atom stereocenters. The maximum absolute atomic E-state index is 5.44. The van der Waals surface area contributed by atoms with Crippen molar-refractivity contribution in [2.45, 2.75) is 25.8 Å². The molecule has 1 aromatic carbocycles. The lowest BCUT2D eigenvalue weighted by Gasteiger charge is -2.41. The lowest BCUT2D eigenvalue weighted by Crippen LogP contribution is -2.43. The summed E-state index contributed by atoms with van der Waals surface area (Å²) in [4.78, 5) is 0. The Morgan fingerprint density at radius 3 is 2.82 bits per heavy atom. The number of allylic oxidation sites excluding steroid dienone is 1. The summed E-state index contributed by atoms with van der Waals surface area (Å²) in [6.45, 7) is 2.73. The molecular formula is C15H19NO. The third-order valence-electron chi connectivity index (χ3n) is 3.88. The van der Waals surface area contributed by atoms with Crippen molar-refractivity contribution in [1.29, 1.82) is 0 Å². The van der Waals surface area contributed by atoms with Gasteiger partial charge in [-0.1, -0.05) is 12.2 Å². The van der Waals surface area contributed by atoms with E-state index < -0.39 is 0 Å². The van der Waals surface area contributed by atoms with Crippen LogP contribution in [-0.4, -0.2) is 12.6 Å². The van der Waals surface area contributed by atoms with Crippen molar-refractivity contribution in [3.05, 3.63) is 36.4 Å². The van der Waals surface area contributed by atoms with Crippen LogP contribution in [0.1, 0.15) is 19.8 Å². The van der Waals surface area contributed by atoms with Crippen LogP contribution in [0.15, 0.2) is 36.4 Å². The number of rotatable bonds is 4. The average molecular weight is 229 g/mol. The van der Waals surface area contributed by atoms with E-state index in [-0.39, 0.29) is 0 Å². The van der Waals surface area contributed by atoms with Crippen LogP contribution in [0.5, 0.6) is 5.75 Å². The molecular weight excluding hydrogens is 210 g/mol. The second kappa shape index (κ2) is 4.44. The van der Waals surface area contributed by atoms with Crippen LogP contribution in [0.25, 0.3) is 0 Å². The van der Waals surface area contributed by atoms with Gasteiger partial charge < -0.3 is 10.1 Å².